The zero-order valence-corrected chi connectivity index (χ0v) is 13.1. The third-order valence-electron chi connectivity index (χ3n) is 3.71. The summed E-state index contributed by atoms with van der Waals surface area (Å²) in [6, 6.07) is 5.87. The van der Waals surface area contributed by atoms with Gasteiger partial charge in [-0.25, -0.2) is 4.79 Å². The van der Waals surface area contributed by atoms with E-state index in [-0.39, 0.29) is 5.97 Å². The molecule has 0 aromatic heterocycles. The van der Waals surface area contributed by atoms with Crippen LogP contribution in [-0.2, 0) is 4.74 Å². The molecule has 0 saturated carbocycles. The molecule has 110 valence electrons. The Bertz CT molecular complexity index is 493. The van der Waals surface area contributed by atoms with E-state index >= 15 is 0 Å². The molecule has 2 unspecified atom stereocenters. The van der Waals surface area contributed by atoms with E-state index in [1.807, 2.05) is 30.8 Å². The summed E-state index contributed by atoms with van der Waals surface area (Å²) in [6.07, 6.45) is 0. The Hall–Kier alpha value is -1.36. The van der Waals surface area contributed by atoms with Crippen LogP contribution >= 0.6 is 11.8 Å². The van der Waals surface area contributed by atoms with Crippen molar-refractivity contribution in [2.75, 3.05) is 29.5 Å². The van der Waals surface area contributed by atoms with E-state index in [4.69, 9.17) is 10.5 Å². The van der Waals surface area contributed by atoms with Crippen LogP contribution in [0.25, 0.3) is 0 Å². The van der Waals surface area contributed by atoms with Crippen molar-refractivity contribution >= 4 is 29.1 Å². The van der Waals surface area contributed by atoms with Gasteiger partial charge in [-0.15, -0.1) is 0 Å². The fourth-order valence-corrected chi connectivity index (χ4v) is 3.55. The van der Waals surface area contributed by atoms with Gasteiger partial charge < -0.3 is 15.4 Å². The largest absolute Gasteiger partial charge is 0.462 e. The number of rotatable bonds is 3. The lowest BCUT2D eigenvalue weighted by molar-refractivity contribution is 0.0527. The fourth-order valence-electron chi connectivity index (χ4n) is 2.45. The lowest BCUT2D eigenvalue weighted by atomic mass is 10.1. The Kier molecular flexibility index (Phi) is 4.81. The molecule has 20 heavy (non-hydrogen) atoms. The van der Waals surface area contributed by atoms with Crippen molar-refractivity contribution in [1.29, 1.82) is 0 Å². The molecule has 5 heteroatoms. The van der Waals surface area contributed by atoms with Crippen molar-refractivity contribution in [2.24, 2.45) is 0 Å². The van der Waals surface area contributed by atoms with E-state index in [0.29, 0.717) is 29.1 Å². The maximum Gasteiger partial charge on any atom is 0.340 e. The van der Waals surface area contributed by atoms with Crippen LogP contribution in [-0.4, -0.2) is 36.2 Å². The van der Waals surface area contributed by atoms with Crippen LogP contribution in [0, 0.1) is 0 Å². The first kappa shape index (κ1) is 15.0. The summed E-state index contributed by atoms with van der Waals surface area (Å²) in [5, 5.41) is 0.538. The van der Waals surface area contributed by atoms with Gasteiger partial charge in [0.15, 0.2) is 0 Å². The average molecular weight is 294 g/mol. The zero-order valence-electron chi connectivity index (χ0n) is 12.3. The van der Waals surface area contributed by atoms with Gasteiger partial charge in [-0.3, -0.25) is 0 Å². The van der Waals surface area contributed by atoms with Crippen LogP contribution in [0.2, 0.25) is 0 Å². The number of carbonyl (C=O) groups is 1. The number of nitrogen functional groups attached to an aromatic ring is 1. The molecular weight excluding hydrogens is 272 g/mol. The molecule has 2 atom stereocenters. The third-order valence-corrected chi connectivity index (χ3v) is 5.05. The molecule has 0 radical (unpaired) electrons. The van der Waals surface area contributed by atoms with Crippen LogP contribution in [0.1, 0.15) is 31.1 Å². The quantitative estimate of drug-likeness (QED) is 0.686. The number of anilines is 2. The zero-order chi connectivity index (χ0) is 14.7. The van der Waals surface area contributed by atoms with Gasteiger partial charge in [-0.05, 0) is 32.0 Å². The first-order valence-corrected chi connectivity index (χ1v) is 8.04. The predicted octanol–water partition coefficient (Wildman–Crippen LogP) is 2.78. The van der Waals surface area contributed by atoms with Gasteiger partial charge in [-0.2, -0.15) is 11.8 Å². The fraction of sp³-hybridized carbons (Fsp3) is 0.533. The average Bonchev–Trinajstić information content (AvgIpc) is 2.42. The lowest BCUT2D eigenvalue weighted by Crippen LogP contribution is -2.45. The molecule has 1 aliphatic heterocycles. The minimum absolute atomic E-state index is 0.298. The molecule has 0 amide bonds. The maximum atomic E-state index is 12.1. The SMILES string of the molecule is CCOC(=O)c1cc(N)ccc1N1CCSC(C)C1C. The highest BCUT2D eigenvalue weighted by Gasteiger charge is 2.28. The van der Waals surface area contributed by atoms with Crippen LogP contribution in [0.3, 0.4) is 0 Å². The van der Waals surface area contributed by atoms with Crippen molar-refractivity contribution < 1.29 is 9.53 Å². The molecule has 1 aliphatic rings. The summed E-state index contributed by atoms with van der Waals surface area (Å²) in [7, 11) is 0. The van der Waals surface area contributed by atoms with Crippen molar-refractivity contribution in [3.05, 3.63) is 23.8 Å². The van der Waals surface area contributed by atoms with E-state index in [1.54, 1.807) is 6.07 Å². The highest BCUT2D eigenvalue weighted by Crippen LogP contribution is 2.32. The predicted molar refractivity (Wildman–Crippen MR) is 85.5 cm³/mol. The van der Waals surface area contributed by atoms with Crippen molar-refractivity contribution in [1.82, 2.24) is 0 Å². The van der Waals surface area contributed by atoms with Crippen molar-refractivity contribution in [3.8, 4) is 0 Å². The number of carbonyl (C=O) groups excluding carboxylic acids is 1. The van der Waals surface area contributed by atoms with Gasteiger partial charge in [-0.1, -0.05) is 6.92 Å². The molecule has 1 saturated heterocycles. The van der Waals surface area contributed by atoms with E-state index in [9.17, 15) is 4.79 Å². The number of hydrogen-bond donors (Lipinski definition) is 1. The molecule has 1 fully saturated rings. The second-order valence-electron chi connectivity index (χ2n) is 5.01. The highest BCUT2D eigenvalue weighted by atomic mass is 32.2. The van der Waals surface area contributed by atoms with Gasteiger partial charge in [0.1, 0.15) is 0 Å². The second kappa shape index (κ2) is 6.39. The Morgan fingerprint density at radius 3 is 2.95 bits per heavy atom. The summed E-state index contributed by atoms with van der Waals surface area (Å²) in [5.74, 6) is 0.769. The Morgan fingerprint density at radius 1 is 1.50 bits per heavy atom. The summed E-state index contributed by atoms with van der Waals surface area (Å²) >= 11 is 1.97. The smallest absolute Gasteiger partial charge is 0.340 e. The minimum Gasteiger partial charge on any atom is -0.462 e. The molecule has 1 aromatic carbocycles. The third kappa shape index (κ3) is 3.03. The molecule has 1 aromatic rings. The summed E-state index contributed by atoms with van der Waals surface area (Å²) < 4.78 is 5.15. The molecule has 2 rings (SSSR count). The Balaban J connectivity index is 2.37. The monoisotopic (exact) mass is 294 g/mol. The van der Waals surface area contributed by atoms with Gasteiger partial charge in [0, 0.05) is 29.3 Å². The number of hydrogen-bond acceptors (Lipinski definition) is 5. The first-order chi connectivity index (χ1) is 9.54. The number of nitrogens with zero attached hydrogens (tertiary/aromatic N) is 1. The number of benzene rings is 1. The van der Waals surface area contributed by atoms with Crippen molar-refractivity contribution in [2.45, 2.75) is 32.1 Å². The van der Waals surface area contributed by atoms with Gasteiger partial charge >= 0.3 is 5.97 Å². The van der Waals surface area contributed by atoms with E-state index in [1.165, 1.54) is 0 Å². The maximum absolute atomic E-state index is 12.1. The summed E-state index contributed by atoms with van der Waals surface area (Å²) in [4.78, 5) is 14.4. The standard InChI is InChI=1S/C15H22N2O2S/c1-4-19-15(18)13-9-12(16)5-6-14(13)17-7-8-20-11(3)10(17)2/h5-6,9-11H,4,7-8,16H2,1-3H3. The first-order valence-electron chi connectivity index (χ1n) is 6.99. The normalized spacial score (nSPS) is 22.6. The summed E-state index contributed by atoms with van der Waals surface area (Å²) in [6.45, 7) is 7.54. The molecular formula is C15H22N2O2S. The Morgan fingerprint density at radius 2 is 2.25 bits per heavy atom. The minimum atomic E-state index is -0.298. The van der Waals surface area contributed by atoms with Crippen LogP contribution in [0.15, 0.2) is 18.2 Å². The lowest BCUT2D eigenvalue weighted by Gasteiger charge is -2.40. The van der Waals surface area contributed by atoms with E-state index < -0.39 is 0 Å². The number of nitrogens with two attached hydrogens (primary N) is 1. The molecule has 0 bridgehead atoms. The molecule has 0 aliphatic carbocycles. The Labute approximate surface area is 124 Å². The molecule has 2 N–H and O–H groups in total. The van der Waals surface area contributed by atoms with Gasteiger partial charge in [0.05, 0.1) is 17.9 Å². The molecule has 0 spiro atoms. The number of ether oxygens (including phenoxy) is 1. The van der Waals surface area contributed by atoms with Crippen LogP contribution < -0.4 is 10.6 Å². The topological polar surface area (TPSA) is 55.6 Å². The van der Waals surface area contributed by atoms with E-state index in [2.05, 4.69) is 18.7 Å². The number of thioether (sulfide) groups is 1. The van der Waals surface area contributed by atoms with Gasteiger partial charge in [0.2, 0.25) is 0 Å². The molecule has 4 nitrogen and oxygen atoms in total. The van der Waals surface area contributed by atoms with Crippen LogP contribution in [0.5, 0.6) is 0 Å². The molecule has 1 heterocycles. The van der Waals surface area contributed by atoms with E-state index in [0.717, 1.165) is 18.0 Å². The highest BCUT2D eigenvalue weighted by molar-refractivity contribution is 8.00. The second-order valence-corrected chi connectivity index (χ2v) is 6.49. The summed E-state index contributed by atoms with van der Waals surface area (Å²) in [5.41, 5.74) is 7.90. The van der Waals surface area contributed by atoms with Crippen molar-refractivity contribution in [3.63, 3.8) is 0 Å². The van der Waals surface area contributed by atoms with Crippen LogP contribution in [0.4, 0.5) is 11.4 Å². The number of esters is 1. The van der Waals surface area contributed by atoms with Gasteiger partial charge in [0.25, 0.3) is 0 Å².